The molecule has 0 atom stereocenters. The maximum absolute atomic E-state index is 13.2. The van der Waals surface area contributed by atoms with E-state index in [4.69, 9.17) is 20.8 Å². The van der Waals surface area contributed by atoms with E-state index in [9.17, 15) is 14.4 Å². The molecule has 8 nitrogen and oxygen atoms in total. The molecule has 0 saturated heterocycles. The topological polar surface area (TPSA) is 110 Å². The first-order valence-corrected chi connectivity index (χ1v) is 12.4. The Kier molecular flexibility index (Phi) is 7.54. The van der Waals surface area contributed by atoms with E-state index in [1.54, 1.807) is 42.5 Å². The zero-order valence-corrected chi connectivity index (χ0v) is 21.3. The highest BCUT2D eigenvalue weighted by atomic mass is 35.5. The van der Waals surface area contributed by atoms with Crippen molar-refractivity contribution in [3.8, 4) is 0 Å². The second-order valence-electron chi connectivity index (χ2n) is 9.95. The number of ether oxygens (including phenoxy) is 1. The minimum Gasteiger partial charge on any atom is -0.449 e. The number of carbonyl (C=O) groups is 3. The molecule has 1 fully saturated rings. The molecule has 1 aromatic heterocycles. The highest BCUT2D eigenvalue weighted by molar-refractivity contribution is 6.30. The molecule has 190 valence electrons. The number of amides is 3. The first-order chi connectivity index (χ1) is 17.1. The van der Waals surface area contributed by atoms with E-state index in [-0.39, 0.29) is 23.6 Å². The molecule has 3 N–H and O–H groups in total. The van der Waals surface area contributed by atoms with Crippen LogP contribution in [0.2, 0.25) is 5.02 Å². The minimum atomic E-state index is -0.563. The van der Waals surface area contributed by atoms with E-state index in [1.807, 2.05) is 26.8 Å². The van der Waals surface area contributed by atoms with Gasteiger partial charge in [0.25, 0.3) is 5.91 Å². The average Bonchev–Trinajstić information content (AvgIpc) is 3.18. The van der Waals surface area contributed by atoms with Gasteiger partial charge in [0.15, 0.2) is 0 Å². The first kappa shape index (κ1) is 25.6. The van der Waals surface area contributed by atoms with Crippen LogP contribution in [0.5, 0.6) is 0 Å². The standard InChI is InChI=1S/C27H30ClN3O5/c1-27(2,3)36-26(34)30-19-12-8-16(9-13-19)24(32)31-22-20-6-4-5-7-21(20)35-23(22)25(33)29-18-14-10-17(28)11-15-18/h4-7,10-11,14-16,19H,8-9,12-13H2,1-3H3,(H,29,33)(H,30,34)(H,31,32). The summed E-state index contributed by atoms with van der Waals surface area (Å²) < 4.78 is 11.2. The molecular weight excluding hydrogens is 482 g/mol. The molecule has 0 bridgehead atoms. The Hall–Kier alpha value is -3.52. The quantitative estimate of drug-likeness (QED) is 0.369. The SMILES string of the molecule is CC(C)(C)OC(=O)NC1CCC(C(=O)Nc2c(C(=O)Nc3ccc(Cl)cc3)oc3ccccc23)CC1. The van der Waals surface area contributed by atoms with E-state index in [1.165, 1.54) is 0 Å². The van der Waals surface area contributed by atoms with Gasteiger partial charge in [-0.05, 0) is 82.9 Å². The summed E-state index contributed by atoms with van der Waals surface area (Å²) >= 11 is 5.93. The molecule has 36 heavy (non-hydrogen) atoms. The zero-order valence-electron chi connectivity index (χ0n) is 20.5. The maximum Gasteiger partial charge on any atom is 0.407 e. The molecule has 0 unspecified atom stereocenters. The summed E-state index contributed by atoms with van der Waals surface area (Å²) in [4.78, 5) is 38.3. The Morgan fingerprint density at radius 2 is 1.61 bits per heavy atom. The molecule has 0 radical (unpaired) electrons. The molecule has 3 aromatic rings. The van der Waals surface area contributed by atoms with Crippen LogP contribution < -0.4 is 16.0 Å². The molecule has 1 aliphatic carbocycles. The van der Waals surface area contributed by atoms with Gasteiger partial charge in [0.2, 0.25) is 11.7 Å². The normalized spacial score (nSPS) is 17.9. The summed E-state index contributed by atoms with van der Waals surface area (Å²) in [5.41, 5.74) is 0.833. The van der Waals surface area contributed by atoms with Crippen LogP contribution in [0.4, 0.5) is 16.2 Å². The van der Waals surface area contributed by atoms with E-state index < -0.39 is 17.6 Å². The van der Waals surface area contributed by atoms with Gasteiger partial charge < -0.3 is 25.1 Å². The lowest BCUT2D eigenvalue weighted by molar-refractivity contribution is -0.120. The summed E-state index contributed by atoms with van der Waals surface area (Å²) in [6, 6.07) is 13.8. The van der Waals surface area contributed by atoms with Crippen molar-refractivity contribution in [1.82, 2.24) is 5.32 Å². The summed E-state index contributed by atoms with van der Waals surface area (Å²) in [6.45, 7) is 5.45. The Bertz CT molecular complexity index is 1250. The van der Waals surface area contributed by atoms with Crippen molar-refractivity contribution in [3.63, 3.8) is 0 Å². The van der Waals surface area contributed by atoms with Crippen LogP contribution in [0.1, 0.15) is 57.0 Å². The van der Waals surface area contributed by atoms with Crippen LogP contribution in [0, 0.1) is 5.92 Å². The fraction of sp³-hybridized carbons (Fsp3) is 0.370. The van der Waals surface area contributed by atoms with Gasteiger partial charge in [0, 0.05) is 28.1 Å². The molecule has 4 rings (SSSR count). The van der Waals surface area contributed by atoms with Crippen LogP contribution in [-0.4, -0.2) is 29.6 Å². The van der Waals surface area contributed by atoms with Crippen LogP contribution in [0.15, 0.2) is 52.9 Å². The number of alkyl carbamates (subject to hydrolysis) is 1. The second-order valence-corrected chi connectivity index (χ2v) is 10.4. The van der Waals surface area contributed by atoms with Gasteiger partial charge in [-0.1, -0.05) is 23.7 Å². The third kappa shape index (κ3) is 6.37. The third-order valence-electron chi connectivity index (χ3n) is 5.97. The molecular formula is C27H30ClN3O5. The van der Waals surface area contributed by atoms with Crippen molar-refractivity contribution < 1.29 is 23.5 Å². The highest BCUT2D eigenvalue weighted by Crippen LogP contribution is 2.33. The fourth-order valence-electron chi connectivity index (χ4n) is 4.25. The van der Waals surface area contributed by atoms with Crippen molar-refractivity contribution in [1.29, 1.82) is 0 Å². The average molecular weight is 512 g/mol. The molecule has 1 aliphatic rings. The predicted molar refractivity (Wildman–Crippen MR) is 139 cm³/mol. The lowest BCUT2D eigenvalue weighted by atomic mass is 9.85. The molecule has 1 saturated carbocycles. The number of carbonyl (C=O) groups excluding carboxylic acids is 3. The predicted octanol–water partition coefficient (Wildman–Crippen LogP) is 6.36. The number of nitrogens with one attached hydrogen (secondary N) is 3. The monoisotopic (exact) mass is 511 g/mol. The van der Waals surface area contributed by atoms with E-state index >= 15 is 0 Å². The van der Waals surface area contributed by atoms with Gasteiger partial charge in [-0.2, -0.15) is 0 Å². The Morgan fingerprint density at radius 3 is 2.28 bits per heavy atom. The van der Waals surface area contributed by atoms with Gasteiger partial charge in [0.05, 0.1) is 0 Å². The lowest BCUT2D eigenvalue weighted by Crippen LogP contribution is -2.42. The molecule has 0 spiro atoms. The highest BCUT2D eigenvalue weighted by Gasteiger charge is 2.30. The summed E-state index contributed by atoms with van der Waals surface area (Å²) in [7, 11) is 0. The number of hydrogen-bond acceptors (Lipinski definition) is 5. The number of fused-ring (bicyclic) bond motifs is 1. The number of benzene rings is 2. The van der Waals surface area contributed by atoms with E-state index in [0.29, 0.717) is 53.0 Å². The number of furan rings is 1. The van der Waals surface area contributed by atoms with Crippen LogP contribution >= 0.6 is 11.6 Å². The largest absolute Gasteiger partial charge is 0.449 e. The molecule has 0 aliphatic heterocycles. The minimum absolute atomic E-state index is 0.0276. The fourth-order valence-corrected chi connectivity index (χ4v) is 4.38. The van der Waals surface area contributed by atoms with E-state index in [0.717, 1.165) is 0 Å². The van der Waals surface area contributed by atoms with Gasteiger partial charge in [0.1, 0.15) is 16.9 Å². The Morgan fingerprint density at radius 1 is 0.944 bits per heavy atom. The van der Waals surface area contributed by atoms with Gasteiger partial charge in [-0.15, -0.1) is 0 Å². The Labute approximate surface area is 214 Å². The summed E-state index contributed by atoms with van der Waals surface area (Å²) in [5, 5.41) is 9.81. The lowest BCUT2D eigenvalue weighted by Gasteiger charge is -2.29. The zero-order chi connectivity index (χ0) is 25.9. The van der Waals surface area contributed by atoms with Crippen molar-refractivity contribution in [2.75, 3.05) is 10.6 Å². The van der Waals surface area contributed by atoms with Crippen molar-refractivity contribution in [2.24, 2.45) is 5.92 Å². The number of anilines is 2. The van der Waals surface area contributed by atoms with Gasteiger partial charge >= 0.3 is 6.09 Å². The van der Waals surface area contributed by atoms with Gasteiger partial charge in [-0.3, -0.25) is 9.59 Å². The molecule has 2 aromatic carbocycles. The van der Waals surface area contributed by atoms with Crippen molar-refractivity contribution in [3.05, 3.63) is 59.3 Å². The number of para-hydroxylation sites is 1. The van der Waals surface area contributed by atoms with Crippen molar-refractivity contribution in [2.45, 2.75) is 58.1 Å². The number of rotatable bonds is 5. The third-order valence-corrected chi connectivity index (χ3v) is 6.22. The molecule has 3 amide bonds. The van der Waals surface area contributed by atoms with Crippen LogP contribution in [0.25, 0.3) is 11.0 Å². The molecule has 1 heterocycles. The smallest absolute Gasteiger partial charge is 0.407 e. The second kappa shape index (κ2) is 10.6. The van der Waals surface area contributed by atoms with Crippen LogP contribution in [-0.2, 0) is 9.53 Å². The van der Waals surface area contributed by atoms with Gasteiger partial charge in [-0.25, -0.2) is 4.79 Å². The summed E-state index contributed by atoms with van der Waals surface area (Å²) in [5.74, 6) is -0.880. The van der Waals surface area contributed by atoms with E-state index in [2.05, 4.69) is 16.0 Å². The number of hydrogen-bond donors (Lipinski definition) is 3. The van der Waals surface area contributed by atoms with Crippen LogP contribution in [0.3, 0.4) is 0 Å². The summed E-state index contributed by atoms with van der Waals surface area (Å²) in [6.07, 6.45) is 2.08. The molecule has 9 heteroatoms. The number of halogens is 1. The van der Waals surface area contributed by atoms with Crippen molar-refractivity contribution >= 4 is 51.9 Å². The Balaban J connectivity index is 1.43. The first-order valence-electron chi connectivity index (χ1n) is 12.0. The maximum atomic E-state index is 13.2.